The zero-order chi connectivity index (χ0) is 32.8. The molecule has 0 aliphatic heterocycles. The maximum Gasteiger partial charge on any atom is 0.434 e. The highest BCUT2D eigenvalue weighted by atomic mass is 16.6. The van der Waals surface area contributed by atoms with Gasteiger partial charge in [0, 0.05) is 25.3 Å². The predicted octanol–water partition coefficient (Wildman–Crippen LogP) is 5.61. The van der Waals surface area contributed by atoms with Crippen molar-refractivity contribution in [3.63, 3.8) is 0 Å². The standard InChI is InChI=1S/C33H41N5O7/c1-33(2,3)45-32(42)36-28(23-25-13-16-27(39)17-14-25)29(40)18-15-26(12-8-21-37-22-20-35-31(37)38(43)44)30(41)34-19-7-11-24-9-5-4-6-10-24/h4-6,9-10,13-14,16-17,20,22,26,39H,7-8,11-12,15,18-19,21,23H2,1-3H3,(H,34,41)/b36-28-/t26-/m0/s1. The number of aliphatic imine (C=N–C) groups is 1. The molecule has 0 saturated carbocycles. The van der Waals surface area contributed by atoms with Crippen LogP contribution in [0.1, 0.15) is 64.0 Å². The first kappa shape index (κ1) is 34.6. The number of aromatic hydroxyl groups is 1. The van der Waals surface area contributed by atoms with E-state index in [0.29, 0.717) is 24.9 Å². The molecule has 1 aromatic heterocycles. The second-order valence-electron chi connectivity index (χ2n) is 11.7. The van der Waals surface area contributed by atoms with Crippen LogP contribution in [0.4, 0.5) is 10.7 Å². The van der Waals surface area contributed by atoms with Gasteiger partial charge in [0.25, 0.3) is 0 Å². The van der Waals surface area contributed by atoms with Gasteiger partial charge in [-0.1, -0.05) is 47.4 Å². The van der Waals surface area contributed by atoms with E-state index in [9.17, 15) is 29.6 Å². The molecule has 0 radical (unpaired) electrons. The first-order valence-electron chi connectivity index (χ1n) is 15.0. The number of amides is 2. The van der Waals surface area contributed by atoms with E-state index in [4.69, 9.17) is 4.74 Å². The van der Waals surface area contributed by atoms with Crippen molar-refractivity contribution in [1.82, 2.24) is 14.9 Å². The first-order chi connectivity index (χ1) is 21.4. The molecule has 2 N–H and O–H groups in total. The number of carbonyl (C=O) groups is 3. The quantitative estimate of drug-likeness (QED) is 0.0903. The lowest BCUT2D eigenvalue weighted by molar-refractivity contribution is -0.396. The number of nitro groups is 1. The van der Waals surface area contributed by atoms with Gasteiger partial charge in [-0.25, -0.2) is 9.36 Å². The number of hydrogen-bond acceptors (Lipinski definition) is 8. The summed E-state index contributed by atoms with van der Waals surface area (Å²) in [5.41, 5.74) is 1.02. The second-order valence-corrected chi connectivity index (χ2v) is 11.7. The molecule has 2 aromatic carbocycles. The Morgan fingerprint density at radius 2 is 1.76 bits per heavy atom. The Labute approximate surface area is 262 Å². The van der Waals surface area contributed by atoms with Crippen molar-refractivity contribution in [2.24, 2.45) is 10.9 Å². The van der Waals surface area contributed by atoms with Gasteiger partial charge in [0.05, 0.1) is 12.3 Å². The minimum Gasteiger partial charge on any atom is -0.508 e. The van der Waals surface area contributed by atoms with Crippen LogP contribution in [0.3, 0.4) is 0 Å². The maximum absolute atomic E-state index is 13.4. The van der Waals surface area contributed by atoms with Crippen LogP contribution in [0.25, 0.3) is 0 Å². The van der Waals surface area contributed by atoms with Crippen molar-refractivity contribution in [3.8, 4) is 5.75 Å². The number of carbonyl (C=O) groups excluding carboxylic acids is 3. The van der Waals surface area contributed by atoms with Crippen LogP contribution in [0.5, 0.6) is 5.75 Å². The number of aryl methyl sites for hydroxylation is 2. The molecule has 0 aliphatic rings. The SMILES string of the molecule is CC(C)(C)OC(=O)/N=C(/Cc1ccc(O)cc1)C(=O)CC[C@H](CCCn1ccnc1[N+](=O)[O-])C(=O)NCCCc1ccccc1. The summed E-state index contributed by atoms with van der Waals surface area (Å²) in [7, 11) is 0. The van der Waals surface area contributed by atoms with E-state index in [1.807, 2.05) is 30.3 Å². The number of benzene rings is 2. The number of hydrogen-bond donors (Lipinski definition) is 2. The van der Waals surface area contributed by atoms with Crippen LogP contribution in [-0.4, -0.2) is 55.2 Å². The van der Waals surface area contributed by atoms with Crippen LogP contribution in [0.2, 0.25) is 0 Å². The third-order valence-corrected chi connectivity index (χ3v) is 6.93. The van der Waals surface area contributed by atoms with E-state index < -0.39 is 28.3 Å². The Hall–Kier alpha value is -4.87. The van der Waals surface area contributed by atoms with E-state index >= 15 is 0 Å². The molecular weight excluding hydrogens is 578 g/mol. The third kappa shape index (κ3) is 12.3. The Morgan fingerprint density at radius 1 is 1.04 bits per heavy atom. The number of aromatic nitrogens is 2. The fourth-order valence-corrected chi connectivity index (χ4v) is 4.71. The highest BCUT2D eigenvalue weighted by Crippen LogP contribution is 2.19. The van der Waals surface area contributed by atoms with Gasteiger partial charge in [-0.15, -0.1) is 0 Å². The number of ketones is 1. The number of phenols is 1. The molecule has 0 unspecified atom stereocenters. The van der Waals surface area contributed by atoms with Crippen molar-refractivity contribution < 1.29 is 29.2 Å². The van der Waals surface area contributed by atoms with Gasteiger partial charge in [0.1, 0.15) is 23.7 Å². The minimum absolute atomic E-state index is 0.00833. The highest BCUT2D eigenvalue weighted by molar-refractivity contribution is 6.41. The molecular formula is C33H41N5O7. The third-order valence-electron chi connectivity index (χ3n) is 6.93. The predicted molar refractivity (Wildman–Crippen MR) is 169 cm³/mol. The number of imidazole rings is 1. The van der Waals surface area contributed by atoms with Crippen LogP contribution in [-0.2, 0) is 33.7 Å². The molecule has 0 fully saturated rings. The summed E-state index contributed by atoms with van der Waals surface area (Å²) in [6.07, 6.45) is 4.53. The molecule has 0 saturated heterocycles. The number of rotatable bonds is 16. The number of Topliss-reactive ketones (excluding diaryl/α,β-unsaturated/α-hetero) is 1. The van der Waals surface area contributed by atoms with Gasteiger partial charge in [-0.05, 0) is 81.1 Å². The zero-order valence-electron chi connectivity index (χ0n) is 26.0. The molecule has 0 aliphatic carbocycles. The molecule has 3 rings (SSSR count). The molecule has 12 heteroatoms. The second kappa shape index (κ2) is 16.8. The van der Waals surface area contributed by atoms with Crippen molar-refractivity contribution in [2.45, 2.75) is 77.9 Å². The molecule has 2 amide bonds. The average molecular weight is 620 g/mol. The molecule has 1 heterocycles. The van der Waals surface area contributed by atoms with Crippen LogP contribution < -0.4 is 5.32 Å². The van der Waals surface area contributed by atoms with Gasteiger partial charge in [0.15, 0.2) is 5.78 Å². The van der Waals surface area contributed by atoms with Gasteiger partial charge < -0.3 is 25.3 Å². The number of ether oxygens (including phenoxy) is 1. The average Bonchev–Trinajstić information content (AvgIpc) is 3.46. The summed E-state index contributed by atoms with van der Waals surface area (Å²) < 4.78 is 6.72. The molecule has 3 aromatic rings. The largest absolute Gasteiger partial charge is 0.508 e. The molecule has 0 spiro atoms. The fourth-order valence-electron chi connectivity index (χ4n) is 4.71. The van der Waals surface area contributed by atoms with E-state index in [2.05, 4.69) is 15.3 Å². The monoisotopic (exact) mass is 619 g/mol. The molecule has 12 nitrogen and oxygen atoms in total. The lowest BCUT2D eigenvalue weighted by Gasteiger charge is -2.18. The van der Waals surface area contributed by atoms with Gasteiger partial charge >= 0.3 is 12.0 Å². The van der Waals surface area contributed by atoms with E-state index in [-0.39, 0.29) is 49.1 Å². The normalized spacial score (nSPS) is 12.4. The summed E-state index contributed by atoms with van der Waals surface area (Å²) in [4.78, 5) is 57.7. The number of phenolic OH excluding ortho intramolecular Hbond substituents is 1. The van der Waals surface area contributed by atoms with Crippen molar-refractivity contribution in [1.29, 1.82) is 0 Å². The van der Waals surface area contributed by atoms with Crippen LogP contribution >= 0.6 is 0 Å². The first-order valence-corrected chi connectivity index (χ1v) is 15.0. The zero-order valence-corrected chi connectivity index (χ0v) is 26.0. The summed E-state index contributed by atoms with van der Waals surface area (Å²) in [6.45, 7) is 5.84. The van der Waals surface area contributed by atoms with E-state index in [0.717, 1.165) is 12.8 Å². The van der Waals surface area contributed by atoms with Crippen LogP contribution in [0, 0.1) is 16.0 Å². The van der Waals surface area contributed by atoms with E-state index in [1.54, 1.807) is 32.9 Å². The topological polar surface area (TPSA) is 166 Å². The number of nitrogens with one attached hydrogen (secondary N) is 1. The van der Waals surface area contributed by atoms with Crippen molar-refractivity contribution >= 4 is 29.4 Å². The van der Waals surface area contributed by atoms with Gasteiger partial charge in [-0.3, -0.25) is 9.59 Å². The molecule has 1 atom stereocenters. The Balaban J connectivity index is 1.69. The lowest BCUT2D eigenvalue weighted by Crippen LogP contribution is -2.33. The van der Waals surface area contributed by atoms with Crippen molar-refractivity contribution in [3.05, 3.63) is 88.2 Å². The Morgan fingerprint density at radius 3 is 2.42 bits per heavy atom. The summed E-state index contributed by atoms with van der Waals surface area (Å²) >= 11 is 0. The Bertz CT molecular complexity index is 1460. The van der Waals surface area contributed by atoms with Crippen LogP contribution in [0.15, 0.2) is 72.0 Å². The molecule has 240 valence electrons. The van der Waals surface area contributed by atoms with E-state index in [1.165, 1.54) is 34.7 Å². The van der Waals surface area contributed by atoms with Gasteiger partial charge in [-0.2, -0.15) is 4.99 Å². The summed E-state index contributed by atoms with van der Waals surface area (Å²) in [5.74, 6) is -1.37. The highest BCUT2D eigenvalue weighted by Gasteiger charge is 2.24. The summed E-state index contributed by atoms with van der Waals surface area (Å²) in [6, 6.07) is 16.2. The Kier molecular flexibility index (Phi) is 13.0. The summed E-state index contributed by atoms with van der Waals surface area (Å²) in [5, 5.41) is 23.9. The van der Waals surface area contributed by atoms with Gasteiger partial charge in [0.2, 0.25) is 5.91 Å². The fraction of sp³-hybridized carbons (Fsp3) is 0.424. The minimum atomic E-state index is -0.890. The molecule has 45 heavy (non-hydrogen) atoms. The van der Waals surface area contributed by atoms with Crippen molar-refractivity contribution in [2.75, 3.05) is 6.54 Å². The molecule has 0 bridgehead atoms. The lowest BCUT2D eigenvalue weighted by atomic mass is 9.93. The smallest absolute Gasteiger partial charge is 0.434 e. The number of nitrogens with zero attached hydrogens (tertiary/aromatic N) is 4. The maximum atomic E-state index is 13.4.